The maximum atomic E-state index is 13.0. The topological polar surface area (TPSA) is 52.6 Å². The molecule has 0 amide bonds. The van der Waals surface area contributed by atoms with E-state index in [0.717, 1.165) is 51.4 Å². The third kappa shape index (κ3) is 7.40. The van der Waals surface area contributed by atoms with Crippen LogP contribution in [0.5, 0.6) is 0 Å². The summed E-state index contributed by atoms with van der Waals surface area (Å²) in [5.74, 6) is -1.16. The van der Waals surface area contributed by atoms with Gasteiger partial charge in [0.1, 0.15) is 12.2 Å². The van der Waals surface area contributed by atoms with Crippen LogP contribution in [-0.2, 0) is 19.1 Å². The Morgan fingerprint density at radius 2 is 1.07 bits per heavy atom. The molecule has 0 bridgehead atoms. The van der Waals surface area contributed by atoms with E-state index >= 15 is 0 Å². The lowest BCUT2D eigenvalue weighted by atomic mass is 9.78. The van der Waals surface area contributed by atoms with Gasteiger partial charge in [-0.25, -0.2) is 0 Å². The SMILES string of the molecule is CCCC(OC(=O)C1CCCCC1C(=O)OC(CCC)C(C)(C)C)C(C)(C)C. The Bertz CT molecular complexity index is 452. The normalized spacial score (nSPS) is 23.0. The molecule has 0 N–H and O–H groups in total. The molecule has 1 rings (SSSR count). The average molecular weight is 397 g/mol. The van der Waals surface area contributed by atoms with E-state index in [1.165, 1.54) is 0 Å². The molecular weight excluding hydrogens is 352 g/mol. The second-order valence-electron chi connectivity index (χ2n) is 10.7. The molecule has 4 atom stereocenters. The Labute approximate surface area is 173 Å². The van der Waals surface area contributed by atoms with Gasteiger partial charge in [-0.3, -0.25) is 9.59 Å². The van der Waals surface area contributed by atoms with Gasteiger partial charge in [-0.1, -0.05) is 81.1 Å². The zero-order valence-corrected chi connectivity index (χ0v) is 19.6. The lowest BCUT2D eigenvalue weighted by molar-refractivity contribution is -0.175. The first-order valence-corrected chi connectivity index (χ1v) is 11.3. The maximum Gasteiger partial charge on any atom is 0.310 e. The van der Waals surface area contributed by atoms with Crippen LogP contribution in [0, 0.1) is 22.7 Å². The second-order valence-corrected chi connectivity index (χ2v) is 10.7. The van der Waals surface area contributed by atoms with Crippen molar-refractivity contribution in [1.29, 1.82) is 0 Å². The molecular formula is C24H44O4. The van der Waals surface area contributed by atoms with Crippen molar-refractivity contribution in [3.8, 4) is 0 Å². The molecule has 0 aliphatic heterocycles. The molecule has 1 saturated carbocycles. The van der Waals surface area contributed by atoms with Crippen molar-refractivity contribution in [2.24, 2.45) is 22.7 Å². The summed E-state index contributed by atoms with van der Waals surface area (Å²) in [4.78, 5) is 26.0. The number of carbonyl (C=O) groups is 2. The van der Waals surface area contributed by atoms with Crippen LogP contribution in [0.3, 0.4) is 0 Å². The van der Waals surface area contributed by atoms with Crippen molar-refractivity contribution >= 4 is 11.9 Å². The van der Waals surface area contributed by atoms with Crippen LogP contribution in [0.2, 0.25) is 0 Å². The number of rotatable bonds is 8. The summed E-state index contributed by atoms with van der Waals surface area (Å²) in [6.07, 6.45) is 6.76. The van der Waals surface area contributed by atoms with E-state index in [0.29, 0.717) is 0 Å². The lowest BCUT2D eigenvalue weighted by Crippen LogP contribution is -2.41. The van der Waals surface area contributed by atoms with E-state index in [1.807, 2.05) is 0 Å². The van der Waals surface area contributed by atoms with Gasteiger partial charge in [0.05, 0.1) is 11.8 Å². The van der Waals surface area contributed by atoms with E-state index in [-0.39, 0.29) is 46.8 Å². The molecule has 1 fully saturated rings. The van der Waals surface area contributed by atoms with Crippen LogP contribution in [0.4, 0.5) is 0 Å². The van der Waals surface area contributed by atoms with Crippen LogP contribution < -0.4 is 0 Å². The van der Waals surface area contributed by atoms with Crippen molar-refractivity contribution < 1.29 is 19.1 Å². The van der Waals surface area contributed by atoms with Crippen molar-refractivity contribution in [3.05, 3.63) is 0 Å². The minimum atomic E-state index is -0.370. The Morgan fingerprint density at radius 3 is 1.32 bits per heavy atom. The third-order valence-corrected chi connectivity index (χ3v) is 5.92. The van der Waals surface area contributed by atoms with Crippen molar-refractivity contribution in [2.75, 3.05) is 0 Å². The largest absolute Gasteiger partial charge is 0.462 e. The summed E-state index contributed by atoms with van der Waals surface area (Å²) in [6, 6.07) is 0. The van der Waals surface area contributed by atoms with Crippen LogP contribution in [-0.4, -0.2) is 24.1 Å². The van der Waals surface area contributed by atoms with E-state index in [9.17, 15) is 9.59 Å². The fourth-order valence-corrected chi connectivity index (χ4v) is 4.01. The second kappa shape index (κ2) is 10.6. The Hall–Kier alpha value is -1.06. The molecule has 0 aromatic carbocycles. The number of hydrogen-bond acceptors (Lipinski definition) is 4. The highest BCUT2D eigenvalue weighted by atomic mass is 16.6. The Morgan fingerprint density at radius 1 is 0.750 bits per heavy atom. The summed E-state index contributed by atoms with van der Waals surface area (Å²) in [6.45, 7) is 16.8. The first-order chi connectivity index (χ1) is 12.9. The fourth-order valence-electron chi connectivity index (χ4n) is 4.01. The Kier molecular flexibility index (Phi) is 9.49. The van der Waals surface area contributed by atoms with E-state index < -0.39 is 0 Å². The highest BCUT2D eigenvalue weighted by Gasteiger charge is 2.41. The average Bonchev–Trinajstić information content (AvgIpc) is 2.59. The van der Waals surface area contributed by atoms with Gasteiger partial charge < -0.3 is 9.47 Å². The fraction of sp³-hybridized carbons (Fsp3) is 0.917. The summed E-state index contributed by atoms with van der Waals surface area (Å²) in [7, 11) is 0. The van der Waals surface area contributed by atoms with Gasteiger partial charge in [0.15, 0.2) is 0 Å². The van der Waals surface area contributed by atoms with Gasteiger partial charge >= 0.3 is 11.9 Å². The molecule has 164 valence electrons. The predicted octanol–water partition coefficient (Wildman–Crippen LogP) is 6.31. The minimum Gasteiger partial charge on any atom is -0.462 e. The molecule has 4 nitrogen and oxygen atoms in total. The first-order valence-electron chi connectivity index (χ1n) is 11.3. The van der Waals surface area contributed by atoms with Gasteiger partial charge in [-0.05, 0) is 36.5 Å². The highest BCUT2D eigenvalue weighted by molar-refractivity contribution is 5.82. The van der Waals surface area contributed by atoms with E-state index in [1.54, 1.807) is 0 Å². The summed E-state index contributed by atoms with van der Waals surface area (Å²) >= 11 is 0. The van der Waals surface area contributed by atoms with Gasteiger partial charge in [-0.15, -0.1) is 0 Å². The van der Waals surface area contributed by atoms with Gasteiger partial charge in [0.25, 0.3) is 0 Å². The summed E-state index contributed by atoms with van der Waals surface area (Å²) < 4.78 is 11.9. The number of hydrogen-bond donors (Lipinski definition) is 0. The molecule has 1 aliphatic rings. The van der Waals surface area contributed by atoms with Crippen molar-refractivity contribution in [1.82, 2.24) is 0 Å². The molecule has 1 aliphatic carbocycles. The Balaban J connectivity index is 2.89. The molecule has 0 spiro atoms. The molecule has 0 aromatic rings. The monoisotopic (exact) mass is 396 g/mol. The highest BCUT2D eigenvalue weighted by Crippen LogP contribution is 2.36. The van der Waals surface area contributed by atoms with Crippen LogP contribution in [0.15, 0.2) is 0 Å². The molecule has 0 radical (unpaired) electrons. The summed E-state index contributed by atoms with van der Waals surface area (Å²) in [5.41, 5.74) is -0.205. The van der Waals surface area contributed by atoms with Crippen molar-refractivity contribution in [2.45, 2.75) is 119 Å². The molecule has 28 heavy (non-hydrogen) atoms. The molecule has 4 unspecified atom stereocenters. The number of ether oxygens (including phenoxy) is 2. The zero-order chi connectivity index (χ0) is 21.5. The van der Waals surface area contributed by atoms with Crippen molar-refractivity contribution in [3.63, 3.8) is 0 Å². The van der Waals surface area contributed by atoms with Crippen LogP contribution in [0.1, 0.15) is 107 Å². The van der Waals surface area contributed by atoms with E-state index in [2.05, 4.69) is 55.4 Å². The van der Waals surface area contributed by atoms with Crippen LogP contribution in [0.25, 0.3) is 0 Å². The molecule has 0 heterocycles. The zero-order valence-electron chi connectivity index (χ0n) is 19.6. The molecule has 0 saturated heterocycles. The van der Waals surface area contributed by atoms with Gasteiger partial charge in [0.2, 0.25) is 0 Å². The minimum absolute atomic E-state index is 0.102. The summed E-state index contributed by atoms with van der Waals surface area (Å²) in [5, 5.41) is 0. The van der Waals surface area contributed by atoms with Crippen LogP contribution >= 0.6 is 0 Å². The molecule has 0 aromatic heterocycles. The predicted molar refractivity (Wildman–Crippen MR) is 114 cm³/mol. The van der Waals surface area contributed by atoms with E-state index in [4.69, 9.17) is 9.47 Å². The standard InChI is InChI=1S/C24H44O4/c1-9-13-19(23(3,4)5)27-21(25)17-15-11-12-16-18(17)22(26)28-20(14-10-2)24(6,7)8/h17-20H,9-16H2,1-8H3. The third-order valence-electron chi connectivity index (χ3n) is 5.92. The smallest absolute Gasteiger partial charge is 0.310 e. The lowest BCUT2D eigenvalue weighted by Gasteiger charge is -2.36. The van der Waals surface area contributed by atoms with Gasteiger partial charge in [-0.2, -0.15) is 0 Å². The quantitative estimate of drug-likeness (QED) is 0.451. The number of carbonyl (C=O) groups excluding carboxylic acids is 2. The molecule has 4 heteroatoms. The maximum absolute atomic E-state index is 13.0. The first kappa shape index (κ1) is 25.0. The van der Waals surface area contributed by atoms with Gasteiger partial charge in [0, 0.05) is 0 Å². The number of esters is 2.